The van der Waals surface area contributed by atoms with E-state index in [-0.39, 0.29) is 5.41 Å². The summed E-state index contributed by atoms with van der Waals surface area (Å²) >= 11 is 0. The van der Waals surface area contributed by atoms with Crippen LogP contribution in [0.2, 0.25) is 0 Å². The van der Waals surface area contributed by atoms with Crippen molar-refractivity contribution in [2.75, 3.05) is 0 Å². The Morgan fingerprint density at radius 2 is 1.10 bits per heavy atom. The number of rotatable bonds is 14. The van der Waals surface area contributed by atoms with Gasteiger partial charge in [0.2, 0.25) is 0 Å². The van der Waals surface area contributed by atoms with Gasteiger partial charge in [0.25, 0.3) is 0 Å². The third-order valence-electron chi connectivity index (χ3n) is 4.58. The molecule has 0 aromatic carbocycles. The lowest BCUT2D eigenvalue weighted by Crippen LogP contribution is -2.26. The fraction of sp³-hybridized carbons (Fsp3) is 0.947. The number of unbranched alkanes of at least 4 members (excludes halogenated alkanes) is 11. The number of hydrogen-bond donors (Lipinski definition) is 1. The molecule has 0 aromatic heterocycles. The van der Waals surface area contributed by atoms with Crippen molar-refractivity contribution in [2.24, 2.45) is 5.41 Å². The molecule has 0 heterocycles. The van der Waals surface area contributed by atoms with Gasteiger partial charge in [0.1, 0.15) is 0 Å². The summed E-state index contributed by atoms with van der Waals surface area (Å²) in [7, 11) is 0. The zero-order valence-corrected chi connectivity index (χ0v) is 14.4. The van der Waals surface area contributed by atoms with Gasteiger partial charge in [-0.25, -0.2) is 0 Å². The predicted molar refractivity (Wildman–Crippen MR) is 90.8 cm³/mol. The number of aliphatic hydroxyl groups is 1. The molecule has 0 amide bonds. The monoisotopic (exact) mass is 283 g/mol. The minimum Gasteiger partial charge on any atom is -0.393 e. The van der Waals surface area contributed by atoms with E-state index in [0.29, 0.717) is 0 Å². The molecule has 20 heavy (non-hydrogen) atoms. The number of hydrogen-bond acceptors (Lipinski definition) is 1. The molecule has 0 aliphatic heterocycles. The molecule has 0 bridgehead atoms. The molecular formula is C19H39O. The second-order valence-electron chi connectivity index (χ2n) is 7.14. The van der Waals surface area contributed by atoms with Crippen LogP contribution in [0, 0.1) is 12.3 Å². The lowest BCUT2D eigenvalue weighted by Gasteiger charge is -2.27. The van der Waals surface area contributed by atoms with E-state index in [1.807, 2.05) is 0 Å². The first-order valence-corrected chi connectivity index (χ1v) is 9.02. The fourth-order valence-corrected chi connectivity index (χ4v) is 2.59. The van der Waals surface area contributed by atoms with E-state index in [1.54, 1.807) is 0 Å². The highest BCUT2D eigenvalue weighted by molar-refractivity contribution is 4.78. The molecular weight excluding hydrogens is 244 g/mol. The largest absolute Gasteiger partial charge is 0.393 e. The molecule has 1 heteroatoms. The average molecular weight is 284 g/mol. The maximum atomic E-state index is 9.55. The summed E-state index contributed by atoms with van der Waals surface area (Å²) in [5, 5.41) is 9.55. The van der Waals surface area contributed by atoms with Crippen LogP contribution in [-0.4, -0.2) is 11.2 Å². The van der Waals surface area contributed by atoms with Crippen molar-refractivity contribution < 1.29 is 5.11 Å². The van der Waals surface area contributed by atoms with Gasteiger partial charge in [0.15, 0.2) is 0 Å². The first-order chi connectivity index (χ1) is 9.50. The van der Waals surface area contributed by atoms with Crippen LogP contribution in [0.15, 0.2) is 0 Å². The second kappa shape index (κ2) is 12.7. The van der Waals surface area contributed by atoms with Crippen molar-refractivity contribution in [3.63, 3.8) is 0 Å². The minimum atomic E-state index is -0.435. The van der Waals surface area contributed by atoms with Crippen molar-refractivity contribution in [3.05, 3.63) is 6.92 Å². The zero-order valence-electron chi connectivity index (χ0n) is 14.4. The van der Waals surface area contributed by atoms with Gasteiger partial charge < -0.3 is 5.11 Å². The summed E-state index contributed by atoms with van der Waals surface area (Å²) in [6, 6.07) is 0. The van der Waals surface area contributed by atoms with Crippen molar-refractivity contribution in [2.45, 2.75) is 110 Å². The Bertz CT molecular complexity index is 196. The van der Waals surface area contributed by atoms with Gasteiger partial charge in [-0.3, -0.25) is 0 Å². The summed E-state index contributed by atoms with van der Waals surface area (Å²) in [5.41, 5.74) is -0.0154. The summed E-state index contributed by atoms with van der Waals surface area (Å²) in [4.78, 5) is 0. The molecule has 1 atom stereocenters. The van der Waals surface area contributed by atoms with Crippen molar-refractivity contribution in [1.29, 1.82) is 0 Å². The molecule has 0 saturated heterocycles. The molecule has 0 aliphatic carbocycles. The SMILES string of the molecule is [CH2]C(O)C(C)(C)CCCCCCCCCCCCCC. The standard InChI is InChI=1S/C19H39O/c1-5-6-7-8-9-10-11-12-13-14-15-16-17-19(3,4)18(2)20/h18,20H,2,5-17H2,1,3-4H3. The van der Waals surface area contributed by atoms with Crippen molar-refractivity contribution in [3.8, 4) is 0 Å². The molecule has 0 fully saturated rings. The van der Waals surface area contributed by atoms with E-state index in [4.69, 9.17) is 0 Å². The lowest BCUT2D eigenvalue weighted by molar-refractivity contribution is 0.0788. The van der Waals surface area contributed by atoms with E-state index in [9.17, 15) is 5.11 Å². The van der Waals surface area contributed by atoms with Crippen LogP contribution < -0.4 is 0 Å². The third-order valence-corrected chi connectivity index (χ3v) is 4.58. The Kier molecular flexibility index (Phi) is 12.7. The minimum absolute atomic E-state index is 0.0154. The molecule has 0 saturated carbocycles. The summed E-state index contributed by atoms with van der Waals surface area (Å²) in [6.45, 7) is 10.2. The summed E-state index contributed by atoms with van der Waals surface area (Å²) in [6.07, 6.45) is 17.3. The maximum Gasteiger partial charge on any atom is 0.0592 e. The molecule has 0 spiro atoms. The molecule has 0 aromatic rings. The quantitative estimate of drug-likeness (QED) is 0.371. The molecule has 1 unspecified atom stereocenters. The van der Waals surface area contributed by atoms with Crippen LogP contribution in [0.5, 0.6) is 0 Å². The van der Waals surface area contributed by atoms with Crippen LogP contribution in [0.3, 0.4) is 0 Å². The smallest absolute Gasteiger partial charge is 0.0592 e. The average Bonchev–Trinajstić information content (AvgIpc) is 2.39. The second-order valence-corrected chi connectivity index (χ2v) is 7.14. The van der Waals surface area contributed by atoms with E-state index >= 15 is 0 Å². The summed E-state index contributed by atoms with van der Waals surface area (Å²) in [5.74, 6) is 0. The molecule has 0 rings (SSSR count). The van der Waals surface area contributed by atoms with E-state index in [2.05, 4.69) is 27.7 Å². The Morgan fingerprint density at radius 1 is 0.750 bits per heavy atom. The molecule has 1 nitrogen and oxygen atoms in total. The first kappa shape index (κ1) is 20.0. The van der Waals surface area contributed by atoms with Crippen LogP contribution in [0.25, 0.3) is 0 Å². The van der Waals surface area contributed by atoms with Crippen molar-refractivity contribution in [1.82, 2.24) is 0 Å². The van der Waals surface area contributed by atoms with Gasteiger partial charge in [0.05, 0.1) is 6.10 Å². The molecule has 121 valence electrons. The molecule has 1 radical (unpaired) electrons. The van der Waals surface area contributed by atoms with Gasteiger partial charge in [-0.05, 0) is 18.8 Å². The van der Waals surface area contributed by atoms with Crippen LogP contribution in [-0.2, 0) is 0 Å². The van der Waals surface area contributed by atoms with Crippen molar-refractivity contribution >= 4 is 0 Å². The lowest BCUT2D eigenvalue weighted by atomic mass is 9.82. The van der Waals surface area contributed by atoms with E-state index in [1.165, 1.54) is 77.0 Å². The Morgan fingerprint density at radius 3 is 1.45 bits per heavy atom. The van der Waals surface area contributed by atoms with Gasteiger partial charge in [0, 0.05) is 0 Å². The normalized spacial score (nSPS) is 13.7. The fourth-order valence-electron chi connectivity index (χ4n) is 2.59. The van der Waals surface area contributed by atoms with Gasteiger partial charge in [-0.2, -0.15) is 0 Å². The van der Waals surface area contributed by atoms with Gasteiger partial charge in [-0.15, -0.1) is 0 Å². The molecule has 0 aliphatic rings. The van der Waals surface area contributed by atoms with E-state index < -0.39 is 6.10 Å². The highest BCUT2D eigenvalue weighted by atomic mass is 16.3. The third kappa shape index (κ3) is 11.8. The van der Waals surface area contributed by atoms with Crippen LogP contribution in [0.1, 0.15) is 104 Å². The Hall–Kier alpha value is -0.0400. The van der Waals surface area contributed by atoms with Gasteiger partial charge >= 0.3 is 0 Å². The first-order valence-electron chi connectivity index (χ1n) is 9.02. The summed E-state index contributed by atoms with van der Waals surface area (Å²) < 4.78 is 0. The van der Waals surface area contributed by atoms with Gasteiger partial charge in [-0.1, -0.05) is 97.8 Å². The Labute approximate surface area is 128 Å². The Balaban J connectivity index is 3.17. The van der Waals surface area contributed by atoms with E-state index in [0.717, 1.165) is 6.42 Å². The number of aliphatic hydroxyl groups excluding tert-OH is 1. The highest BCUT2D eigenvalue weighted by Gasteiger charge is 2.22. The topological polar surface area (TPSA) is 20.2 Å². The zero-order chi connectivity index (χ0) is 15.3. The highest BCUT2D eigenvalue weighted by Crippen LogP contribution is 2.27. The molecule has 1 N–H and O–H groups in total. The maximum absolute atomic E-state index is 9.55. The predicted octanol–water partition coefficient (Wildman–Crippen LogP) is 6.30. The van der Waals surface area contributed by atoms with Crippen LogP contribution in [0.4, 0.5) is 0 Å². The van der Waals surface area contributed by atoms with Crippen LogP contribution >= 0.6 is 0 Å².